The maximum Gasteiger partial charge on any atom is 0.407 e. The Kier molecular flexibility index (Phi) is 17.3. The van der Waals surface area contributed by atoms with Crippen molar-refractivity contribution in [3.63, 3.8) is 0 Å². The highest BCUT2D eigenvalue weighted by atomic mass is 16.6. The van der Waals surface area contributed by atoms with Crippen molar-refractivity contribution in [1.82, 2.24) is 10.6 Å². The fraction of sp³-hybridized carbons (Fsp3) is 0.357. The maximum atomic E-state index is 13.6. The number of alkyl carbamates (subject to hydrolysis) is 1. The van der Waals surface area contributed by atoms with E-state index in [1.54, 1.807) is 20.8 Å². The van der Waals surface area contributed by atoms with Gasteiger partial charge in [0.25, 0.3) is 5.91 Å². The molecule has 0 aliphatic heterocycles. The van der Waals surface area contributed by atoms with Gasteiger partial charge in [-0.3, -0.25) is 4.79 Å². The normalized spacial score (nSPS) is 11.0. The Labute approximate surface area is 317 Å². The second kappa shape index (κ2) is 22.6. The van der Waals surface area contributed by atoms with Crippen molar-refractivity contribution in [3.8, 4) is 11.5 Å². The van der Waals surface area contributed by atoms with Gasteiger partial charge in [0, 0.05) is 13.1 Å². The number of hydrogen-bond donors (Lipinski definition) is 2. The molecule has 0 unspecified atom stereocenters. The number of amides is 2. The Balaban J connectivity index is 1.32. The molecule has 0 fully saturated rings. The van der Waals surface area contributed by atoms with E-state index in [9.17, 15) is 14.4 Å². The van der Waals surface area contributed by atoms with Crippen LogP contribution in [0.1, 0.15) is 58.2 Å². The lowest BCUT2D eigenvalue weighted by molar-refractivity contribution is 0.0145. The lowest BCUT2D eigenvalue weighted by atomic mass is 10.1. The van der Waals surface area contributed by atoms with Gasteiger partial charge in [0.15, 0.2) is 11.5 Å². The zero-order valence-corrected chi connectivity index (χ0v) is 31.2. The molecule has 2 N–H and O–H groups in total. The van der Waals surface area contributed by atoms with E-state index in [-0.39, 0.29) is 55.6 Å². The fourth-order valence-electron chi connectivity index (χ4n) is 4.86. The van der Waals surface area contributed by atoms with Crippen molar-refractivity contribution < 1.29 is 47.5 Å². The van der Waals surface area contributed by atoms with Crippen LogP contribution in [0.4, 0.5) is 4.79 Å². The molecule has 4 aromatic carbocycles. The molecule has 0 saturated carbocycles. The maximum absolute atomic E-state index is 13.6. The van der Waals surface area contributed by atoms with E-state index >= 15 is 0 Å². The predicted octanol–water partition coefficient (Wildman–Crippen LogP) is 6.51. The van der Waals surface area contributed by atoms with Crippen molar-refractivity contribution in [2.24, 2.45) is 0 Å². The van der Waals surface area contributed by atoms with E-state index in [4.69, 9.17) is 33.2 Å². The SMILES string of the molecule is CC(C)(C)OC(=O)NCCOCCOCCOCCNC(=O)c1ccc(C(=O)OCc2ccccc2)c(OCc2ccccc2)c1OCc1ccccc1. The number of benzene rings is 4. The first kappa shape index (κ1) is 41.3. The monoisotopic (exact) mass is 742 g/mol. The van der Waals surface area contributed by atoms with Crippen LogP contribution < -0.4 is 20.1 Å². The van der Waals surface area contributed by atoms with Crippen LogP contribution in [-0.4, -0.2) is 76.3 Å². The number of ether oxygens (including phenoxy) is 7. The Morgan fingerprint density at radius 3 is 1.44 bits per heavy atom. The van der Waals surface area contributed by atoms with Gasteiger partial charge in [0.2, 0.25) is 0 Å². The van der Waals surface area contributed by atoms with Gasteiger partial charge in [0.05, 0.1) is 45.2 Å². The third-order valence-corrected chi connectivity index (χ3v) is 7.43. The van der Waals surface area contributed by atoms with Crippen LogP contribution in [0, 0.1) is 0 Å². The van der Waals surface area contributed by atoms with Crippen molar-refractivity contribution in [2.45, 2.75) is 46.2 Å². The molecule has 0 aromatic heterocycles. The highest BCUT2D eigenvalue weighted by Gasteiger charge is 2.26. The Bertz CT molecular complexity index is 1710. The first-order valence-corrected chi connectivity index (χ1v) is 17.9. The minimum atomic E-state index is -0.615. The average Bonchev–Trinajstić information content (AvgIpc) is 3.17. The van der Waals surface area contributed by atoms with E-state index < -0.39 is 23.6 Å². The number of carbonyl (C=O) groups excluding carboxylic acids is 3. The molecular formula is C42H50N2O10. The molecular weight excluding hydrogens is 692 g/mol. The second-order valence-electron chi connectivity index (χ2n) is 13.0. The molecule has 0 radical (unpaired) electrons. The van der Waals surface area contributed by atoms with Crippen molar-refractivity contribution in [1.29, 1.82) is 0 Å². The first-order chi connectivity index (χ1) is 26.2. The molecule has 4 rings (SSSR count). The number of nitrogens with one attached hydrogen (secondary N) is 2. The van der Waals surface area contributed by atoms with Gasteiger partial charge in [-0.2, -0.15) is 0 Å². The van der Waals surface area contributed by atoms with Gasteiger partial charge in [-0.25, -0.2) is 9.59 Å². The summed E-state index contributed by atoms with van der Waals surface area (Å²) in [4.78, 5) is 38.7. The lowest BCUT2D eigenvalue weighted by Gasteiger charge is -2.19. The zero-order valence-electron chi connectivity index (χ0n) is 31.2. The third kappa shape index (κ3) is 15.3. The van der Waals surface area contributed by atoms with E-state index in [1.807, 2.05) is 91.0 Å². The summed E-state index contributed by atoms with van der Waals surface area (Å²) in [7, 11) is 0. The molecule has 12 nitrogen and oxygen atoms in total. The second-order valence-corrected chi connectivity index (χ2v) is 13.0. The third-order valence-electron chi connectivity index (χ3n) is 7.43. The molecule has 2 amide bonds. The highest BCUT2D eigenvalue weighted by Crippen LogP contribution is 2.37. The number of esters is 1. The number of rotatable bonds is 22. The summed E-state index contributed by atoms with van der Waals surface area (Å²) in [5, 5.41) is 5.50. The van der Waals surface area contributed by atoms with E-state index in [0.717, 1.165) is 16.7 Å². The molecule has 0 heterocycles. The molecule has 288 valence electrons. The fourth-order valence-corrected chi connectivity index (χ4v) is 4.86. The quantitative estimate of drug-likeness (QED) is 0.0677. The highest BCUT2D eigenvalue weighted by molar-refractivity contribution is 6.01. The first-order valence-electron chi connectivity index (χ1n) is 17.9. The Morgan fingerprint density at radius 1 is 0.519 bits per heavy atom. The molecule has 12 heteroatoms. The van der Waals surface area contributed by atoms with Crippen LogP contribution in [0.5, 0.6) is 11.5 Å². The average molecular weight is 743 g/mol. The van der Waals surface area contributed by atoms with Gasteiger partial charge < -0.3 is 43.8 Å². The van der Waals surface area contributed by atoms with Crippen LogP contribution >= 0.6 is 0 Å². The Morgan fingerprint density at radius 2 is 0.944 bits per heavy atom. The summed E-state index contributed by atoms with van der Waals surface area (Å²) in [6.07, 6.45) is -0.486. The molecule has 0 bridgehead atoms. The summed E-state index contributed by atoms with van der Waals surface area (Å²) in [5.74, 6) is -0.809. The van der Waals surface area contributed by atoms with Gasteiger partial charge in [-0.15, -0.1) is 0 Å². The minimum Gasteiger partial charge on any atom is -0.484 e. The van der Waals surface area contributed by atoms with Crippen LogP contribution in [0.15, 0.2) is 103 Å². The van der Waals surface area contributed by atoms with E-state index in [1.165, 1.54) is 12.1 Å². The van der Waals surface area contributed by atoms with Crippen molar-refractivity contribution >= 4 is 18.0 Å². The van der Waals surface area contributed by atoms with Crippen LogP contribution in [-0.2, 0) is 43.5 Å². The largest absolute Gasteiger partial charge is 0.484 e. The summed E-state index contributed by atoms with van der Waals surface area (Å²) >= 11 is 0. The molecule has 54 heavy (non-hydrogen) atoms. The van der Waals surface area contributed by atoms with Gasteiger partial charge in [-0.05, 0) is 49.6 Å². The summed E-state index contributed by atoms with van der Waals surface area (Å²) in [5.41, 5.74) is 2.34. The van der Waals surface area contributed by atoms with Crippen molar-refractivity contribution in [2.75, 3.05) is 52.7 Å². The number of hydrogen-bond acceptors (Lipinski definition) is 10. The molecule has 4 aromatic rings. The molecule has 0 atom stereocenters. The minimum absolute atomic E-state index is 0.0636. The summed E-state index contributed by atoms with van der Waals surface area (Å²) < 4.78 is 40.0. The van der Waals surface area contributed by atoms with Crippen LogP contribution in [0.2, 0.25) is 0 Å². The van der Waals surface area contributed by atoms with Gasteiger partial charge in [-0.1, -0.05) is 91.0 Å². The Hall–Kier alpha value is -5.43. The summed E-state index contributed by atoms with van der Waals surface area (Å²) in [6, 6.07) is 31.4. The summed E-state index contributed by atoms with van der Waals surface area (Å²) in [6.45, 7) is 8.22. The standard InChI is InChI=1S/C42H50N2O10/c1-42(2,3)54-41(47)44-22-24-49-26-28-50-27-25-48-23-21-43-39(45)35-19-20-36(40(46)53-31-34-17-11-6-12-18-34)38(52-30-33-15-9-5-10-16-33)37(35)51-29-32-13-7-4-8-14-32/h4-20H,21-31H2,1-3H3,(H,43,45)(H,44,47). The topological polar surface area (TPSA) is 140 Å². The van der Waals surface area contributed by atoms with Gasteiger partial charge in [0.1, 0.15) is 31.0 Å². The smallest absolute Gasteiger partial charge is 0.407 e. The van der Waals surface area contributed by atoms with E-state index in [0.29, 0.717) is 39.6 Å². The van der Waals surface area contributed by atoms with Crippen LogP contribution in [0.25, 0.3) is 0 Å². The van der Waals surface area contributed by atoms with Crippen molar-refractivity contribution in [3.05, 3.63) is 131 Å². The lowest BCUT2D eigenvalue weighted by Crippen LogP contribution is -2.34. The molecule has 0 saturated heterocycles. The molecule has 0 aliphatic rings. The van der Waals surface area contributed by atoms with E-state index in [2.05, 4.69) is 10.6 Å². The van der Waals surface area contributed by atoms with Gasteiger partial charge >= 0.3 is 12.1 Å². The number of carbonyl (C=O) groups is 3. The molecule has 0 spiro atoms. The predicted molar refractivity (Wildman–Crippen MR) is 203 cm³/mol. The molecule has 0 aliphatic carbocycles. The van der Waals surface area contributed by atoms with Crippen LogP contribution in [0.3, 0.4) is 0 Å². The zero-order chi connectivity index (χ0) is 38.4.